The highest BCUT2D eigenvalue weighted by Gasteiger charge is 2.20. The first-order valence-corrected chi connectivity index (χ1v) is 7.85. The highest BCUT2D eigenvalue weighted by molar-refractivity contribution is 5.85. The number of hydrogen-bond acceptors (Lipinski definition) is 6. The van der Waals surface area contributed by atoms with Gasteiger partial charge in [0.15, 0.2) is 0 Å². The molecule has 0 unspecified atom stereocenters. The van der Waals surface area contributed by atoms with Crippen molar-refractivity contribution in [3.8, 4) is 5.75 Å². The number of methoxy groups -OCH3 is 1. The van der Waals surface area contributed by atoms with E-state index in [0.717, 1.165) is 49.7 Å². The summed E-state index contributed by atoms with van der Waals surface area (Å²) in [6, 6.07) is 8.17. The number of aryl methyl sites for hydroxylation is 1. The fraction of sp³-hybridized carbons (Fsp3) is 0.412. The van der Waals surface area contributed by atoms with Gasteiger partial charge in [-0.1, -0.05) is 12.1 Å². The Balaban J connectivity index is 0.00000156. The topological polar surface area (TPSA) is 67.5 Å². The van der Waals surface area contributed by atoms with Crippen LogP contribution in [0.25, 0.3) is 0 Å². The molecule has 138 valence electrons. The normalized spacial score (nSPS) is 14.4. The summed E-state index contributed by atoms with van der Waals surface area (Å²) >= 11 is 0. The number of benzene rings is 1. The Morgan fingerprint density at radius 1 is 1.12 bits per heavy atom. The van der Waals surface area contributed by atoms with Gasteiger partial charge < -0.3 is 15.4 Å². The fourth-order valence-corrected chi connectivity index (χ4v) is 2.91. The average molecular weight is 386 g/mol. The van der Waals surface area contributed by atoms with Crippen molar-refractivity contribution in [1.82, 2.24) is 14.9 Å². The molecular formula is C17H25Cl2N5O. The third-order valence-corrected chi connectivity index (χ3v) is 4.21. The SMILES string of the molecule is COc1ccccc1N1CCN(Cc2cnc(C)nc2N)CC1.Cl.Cl. The Morgan fingerprint density at radius 2 is 1.80 bits per heavy atom. The van der Waals surface area contributed by atoms with Crippen LogP contribution in [0.4, 0.5) is 11.5 Å². The van der Waals surface area contributed by atoms with Crippen LogP contribution in [0.3, 0.4) is 0 Å². The minimum absolute atomic E-state index is 0. The third-order valence-electron chi connectivity index (χ3n) is 4.21. The van der Waals surface area contributed by atoms with Gasteiger partial charge in [-0.2, -0.15) is 0 Å². The number of anilines is 2. The summed E-state index contributed by atoms with van der Waals surface area (Å²) in [5.74, 6) is 2.23. The van der Waals surface area contributed by atoms with Crippen LogP contribution in [0.5, 0.6) is 5.75 Å². The number of para-hydroxylation sites is 2. The van der Waals surface area contributed by atoms with Crippen LogP contribution >= 0.6 is 24.8 Å². The van der Waals surface area contributed by atoms with Crippen molar-refractivity contribution in [2.24, 2.45) is 0 Å². The molecule has 0 bridgehead atoms. The molecule has 6 nitrogen and oxygen atoms in total. The van der Waals surface area contributed by atoms with Crippen molar-refractivity contribution in [2.45, 2.75) is 13.5 Å². The second-order valence-corrected chi connectivity index (χ2v) is 5.76. The number of nitrogens with zero attached hydrogens (tertiary/aromatic N) is 4. The highest BCUT2D eigenvalue weighted by atomic mass is 35.5. The number of nitrogen functional groups attached to an aromatic ring is 1. The first-order chi connectivity index (χ1) is 11.2. The van der Waals surface area contributed by atoms with Crippen LogP contribution in [0.15, 0.2) is 30.5 Å². The van der Waals surface area contributed by atoms with E-state index in [1.165, 1.54) is 0 Å². The Morgan fingerprint density at radius 3 is 2.44 bits per heavy atom. The Labute approximate surface area is 161 Å². The van der Waals surface area contributed by atoms with Crippen molar-refractivity contribution < 1.29 is 4.74 Å². The minimum atomic E-state index is 0. The summed E-state index contributed by atoms with van der Waals surface area (Å²) in [7, 11) is 1.72. The van der Waals surface area contributed by atoms with Crippen molar-refractivity contribution >= 4 is 36.3 Å². The molecule has 1 aromatic carbocycles. The molecule has 3 rings (SSSR count). The zero-order valence-electron chi connectivity index (χ0n) is 14.5. The van der Waals surface area contributed by atoms with Gasteiger partial charge in [-0.25, -0.2) is 9.97 Å². The molecule has 0 amide bonds. The maximum absolute atomic E-state index is 5.99. The summed E-state index contributed by atoms with van der Waals surface area (Å²) in [6.45, 7) is 6.54. The van der Waals surface area contributed by atoms with E-state index >= 15 is 0 Å². The summed E-state index contributed by atoms with van der Waals surface area (Å²) in [5, 5.41) is 0. The van der Waals surface area contributed by atoms with Gasteiger partial charge in [0, 0.05) is 44.5 Å². The third kappa shape index (κ3) is 5.11. The van der Waals surface area contributed by atoms with E-state index in [1.54, 1.807) is 7.11 Å². The van der Waals surface area contributed by atoms with Gasteiger partial charge in [0.25, 0.3) is 0 Å². The fourth-order valence-electron chi connectivity index (χ4n) is 2.91. The predicted molar refractivity (Wildman–Crippen MR) is 106 cm³/mol. The Hall–Kier alpha value is -1.76. The van der Waals surface area contributed by atoms with Gasteiger partial charge >= 0.3 is 0 Å². The van der Waals surface area contributed by atoms with E-state index < -0.39 is 0 Å². The molecule has 0 spiro atoms. The average Bonchev–Trinajstić information content (AvgIpc) is 2.58. The molecule has 1 aliphatic rings. The lowest BCUT2D eigenvalue weighted by Crippen LogP contribution is -2.46. The predicted octanol–water partition coefficient (Wildman–Crippen LogP) is 2.54. The van der Waals surface area contributed by atoms with Gasteiger partial charge in [-0.3, -0.25) is 4.90 Å². The maximum Gasteiger partial charge on any atom is 0.142 e. The molecule has 0 aliphatic carbocycles. The molecule has 0 saturated carbocycles. The van der Waals surface area contributed by atoms with Crippen molar-refractivity contribution in [1.29, 1.82) is 0 Å². The molecule has 0 atom stereocenters. The molecule has 1 aromatic heterocycles. The van der Waals surface area contributed by atoms with E-state index in [0.29, 0.717) is 11.6 Å². The molecule has 2 aromatic rings. The van der Waals surface area contributed by atoms with Crippen LogP contribution in [0, 0.1) is 6.92 Å². The van der Waals surface area contributed by atoms with Gasteiger partial charge in [0.1, 0.15) is 17.4 Å². The smallest absolute Gasteiger partial charge is 0.142 e. The molecule has 2 heterocycles. The monoisotopic (exact) mass is 385 g/mol. The molecule has 25 heavy (non-hydrogen) atoms. The lowest BCUT2D eigenvalue weighted by atomic mass is 10.2. The number of halogens is 2. The second-order valence-electron chi connectivity index (χ2n) is 5.76. The van der Waals surface area contributed by atoms with E-state index in [2.05, 4.69) is 31.9 Å². The van der Waals surface area contributed by atoms with Crippen LogP contribution < -0.4 is 15.4 Å². The number of nitrogens with two attached hydrogens (primary N) is 1. The first kappa shape index (κ1) is 21.3. The van der Waals surface area contributed by atoms with E-state index in [4.69, 9.17) is 10.5 Å². The van der Waals surface area contributed by atoms with Gasteiger partial charge in [-0.05, 0) is 19.1 Å². The highest BCUT2D eigenvalue weighted by Crippen LogP contribution is 2.28. The largest absolute Gasteiger partial charge is 0.495 e. The molecule has 0 radical (unpaired) electrons. The summed E-state index contributed by atoms with van der Waals surface area (Å²) < 4.78 is 5.46. The molecule has 1 saturated heterocycles. The minimum Gasteiger partial charge on any atom is -0.495 e. The number of rotatable bonds is 4. The molecule has 2 N–H and O–H groups in total. The van der Waals surface area contributed by atoms with E-state index in [-0.39, 0.29) is 24.8 Å². The lowest BCUT2D eigenvalue weighted by Gasteiger charge is -2.36. The van der Waals surface area contributed by atoms with Crippen molar-refractivity contribution in [2.75, 3.05) is 43.9 Å². The molecule has 1 fully saturated rings. The quantitative estimate of drug-likeness (QED) is 0.871. The van der Waals surface area contributed by atoms with Gasteiger partial charge in [-0.15, -0.1) is 24.8 Å². The van der Waals surface area contributed by atoms with Gasteiger partial charge in [0.05, 0.1) is 12.8 Å². The second kappa shape index (κ2) is 9.65. The van der Waals surface area contributed by atoms with Crippen LogP contribution in [-0.4, -0.2) is 48.2 Å². The van der Waals surface area contributed by atoms with Crippen LogP contribution in [0.1, 0.15) is 11.4 Å². The van der Waals surface area contributed by atoms with Gasteiger partial charge in [0.2, 0.25) is 0 Å². The molecule has 1 aliphatic heterocycles. The maximum atomic E-state index is 5.99. The summed E-state index contributed by atoms with van der Waals surface area (Å²) in [5.41, 5.74) is 8.15. The number of ether oxygens (including phenoxy) is 1. The van der Waals surface area contributed by atoms with E-state index in [9.17, 15) is 0 Å². The van der Waals surface area contributed by atoms with Crippen molar-refractivity contribution in [3.05, 3.63) is 41.9 Å². The number of hydrogen-bond donors (Lipinski definition) is 1. The van der Waals surface area contributed by atoms with Crippen molar-refractivity contribution in [3.63, 3.8) is 0 Å². The molecular weight excluding hydrogens is 361 g/mol. The Kier molecular flexibility index (Phi) is 8.22. The number of piperazine rings is 1. The summed E-state index contributed by atoms with van der Waals surface area (Å²) in [4.78, 5) is 13.2. The zero-order chi connectivity index (χ0) is 16.2. The number of aromatic nitrogens is 2. The van der Waals surface area contributed by atoms with Crippen LogP contribution in [0.2, 0.25) is 0 Å². The first-order valence-electron chi connectivity index (χ1n) is 7.85. The van der Waals surface area contributed by atoms with Crippen LogP contribution in [-0.2, 0) is 6.54 Å². The zero-order valence-corrected chi connectivity index (χ0v) is 16.1. The van der Waals surface area contributed by atoms with E-state index in [1.807, 2.05) is 25.3 Å². The molecule has 8 heteroatoms. The summed E-state index contributed by atoms with van der Waals surface area (Å²) in [6.07, 6.45) is 1.84. The lowest BCUT2D eigenvalue weighted by molar-refractivity contribution is 0.249. The Bertz CT molecular complexity index is 678. The standard InChI is InChI=1S/C17H23N5O.2ClH/c1-13-19-11-14(17(18)20-13)12-21-7-9-22(10-8-21)15-5-3-4-6-16(15)23-2;;/h3-6,11H,7-10,12H2,1-2H3,(H2,18,19,20);2*1H.